The van der Waals surface area contributed by atoms with Gasteiger partial charge in [0.05, 0.1) is 12.2 Å². The lowest BCUT2D eigenvalue weighted by atomic mass is 10.1. The standard InChI is InChI=1S/C24H23N3O6S2/c1-2-30-23(29)18-12-17(10-15-6-4-3-5-7-15)35-22(18)25-24(34)27-26-21(28)13-31-16-8-9-19-20(11-16)33-14-32-19/h3-9,11-12H,2,10,13-14H2,1H3,(H,26,28)(H2,25,27,34). The van der Waals surface area contributed by atoms with Crippen molar-refractivity contribution in [2.75, 3.05) is 25.3 Å². The van der Waals surface area contributed by atoms with Crippen LogP contribution in [0.2, 0.25) is 0 Å². The van der Waals surface area contributed by atoms with Crippen LogP contribution in [0.4, 0.5) is 5.00 Å². The molecule has 0 aliphatic carbocycles. The summed E-state index contributed by atoms with van der Waals surface area (Å²) in [6.45, 7) is 1.91. The number of benzene rings is 2. The van der Waals surface area contributed by atoms with Gasteiger partial charge in [0, 0.05) is 17.4 Å². The fourth-order valence-corrected chi connectivity index (χ4v) is 4.49. The van der Waals surface area contributed by atoms with Crippen LogP contribution in [-0.4, -0.2) is 37.0 Å². The number of fused-ring (bicyclic) bond motifs is 1. The van der Waals surface area contributed by atoms with E-state index in [0.29, 0.717) is 34.2 Å². The van der Waals surface area contributed by atoms with Gasteiger partial charge in [0.15, 0.2) is 23.2 Å². The van der Waals surface area contributed by atoms with Crippen LogP contribution in [0.3, 0.4) is 0 Å². The minimum Gasteiger partial charge on any atom is -0.484 e. The molecule has 0 fully saturated rings. The zero-order chi connectivity index (χ0) is 24.6. The minimum absolute atomic E-state index is 0.111. The van der Waals surface area contributed by atoms with Crippen molar-refractivity contribution in [2.24, 2.45) is 0 Å². The van der Waals surface area contributed by atoms with E-state index in [-0.39, 0.29) is 25.1 Å². The van der Waals surface area contributed by atoms with Crippen molar-refractivity contribution in [3.8, 4) is 17.2 Å². The number of carbonyl (C=O) groups is 2. The Balaban J connectivity index is 1.31. The molecule has 4 rings (SSSR count). The quantitative estimate of drug-likeness (QED) is 0.236. The summed E-state index contributed by atoms with van der Waals surface area (Å²) < 4.78 is 21.2. The lowest BCUT2D eigenvalue weighted by molar-refractivity contribution is -0.123. The number of amides is 1. The third-order valence-electron chi connectivity index (χ3n) is 4.76. The fourth-order valence-electron chi connectivity index (χ4n) is 3.19. The summed E-state index contributed by atoms with van der Waals surface area (Å²) in [5.41, 5.74) is 6.57. The number of rotatable bonds is 8. The number of thiocarbonyl (C=S) groups is 1. The first-order chi connectivity index (χ1) is 17.0. The Bertz CT molecular complexity index is 1220. The summed E-state index contributed by atoms with van der Waals surface area (Å²) >= 11 is 6.67. The predicted molar refractivity (Wildman–Crippen MR) is 135 cm³/mol. The van der Waals surface area contributed by atoms with E-state index < -0.39 is 11.9 Å². The van der Waals surface area contributed by atoms with Gasteiger partial charge in [-0.05, 0) is 42.9 Å². The van der Waals surface area contributed by atoms with Crippen molar-refractivity contribution in [2.45, 2.75) is 13.3 Å². The smallest absolute Gasteiger partial charge is 0.341 e. The molecule has 11 heteroatoms. The molecule has 0 saturated heterocycles. The first kappa shape index (κ1) is 24.3. The summed E-state index contributed by atoms with van der Waals surface area (Å²) in [7, 11) is 0. The Labute approximate surface area is 211 Å². The Hall–Kier alpha value is -3.83. The topological polar surface area (TPSA) is 107 Å². The summed E-state index contributed by atoms with van der Waals surface area (Å²) in [6.07, 6.45) is 0.660. The van der Waals surface area contributed by atoms with Crippen molar-refractivity contribution in [3.05, 3.63) is 70.6 Å². The number of hydrazine groups is 1. The molecule has 182 valence electrons. The van der Waals surface area contributed by atoms with Gasteiger partial charge in [-0.2, -0.15) is 0 Å². The van der Waals surface area contributed by atoms with E-state index in [4.69, 9.17) is 31.2 Å². The molecule has 3 aromatic rings. The maximum Gasteiger partial charge on any atom is 0.341 e. The molecule has 1 aromatic heterocycles. The van der Waals surface area contributed by atoms with Crippen LogP contribution >= 0.6 is 23.6 Å². The number of hydrogen-bond donors (Lipinski definition) is 3. The van der Waals surface area contributed by atoms with Crippen LogP contribution in [0.15, 0.2) is 54.6 Å². The third-order valence-corrected chi connectivity index (χ3v) is 6.01. The second-order valence-electron chi connectivity index (χ2n) is 7.27. The van der Waals surface area contributed by atoms with Gasteiger partial charge in [-0.3, -0.25) is 15.6 Å². The molecule has 2 heterocycles. The van der Waals surface area contributed by atoms with E-state index in [9.17, 15) is 9.59 Å². The monoisotopic (exact) mass is 513 g/mol. The SMILES string of the molecule is CCOC(=O)c1cc(Cc2ccccc2)sc1NC(=S)NNC(=O)COc1ccc2c(c1)OCO2. The lowest BCUT2D eigenvalue weighted by Crippen LogP contribution is -2.45. The van der Waals surface area contributed by atoms with Crippen LogP contribution in [0, 0.1) is 0 Å². The van der Waals surface area contributed by atoms with Crippen molar-refractivity contribution in [1.82, 2.24) is 10.9 Å². The van der Waals surface area contributed by atoms with E-state index in [2.05, 4.69) is 16.2 Å². The van der Waals surface area contributed by atoms with Crippen LogP contribution < -0.4 is 30.4 Å². The van der Waals surface area contributed by atoms with Gasteiger partial charge < -0.3 is 24.3 Å². The molecule has 2 aromatic carbocycles. The van der Waals surface area contributed by atoms with Gasteiger partial charge in [-0.1, -0.05) is 30.3 Å². The first-order valence-corrected chi connectivity index (χ1v) is 12.0. The second-order valence-corrected chi connectivity index (χ2v) is 8.81. The highest BCUT2D eigenvalue weighted by molar-refractivity contribution is 7.80. The summed E-state index contributed by atoms with van der Waals surface area (Å²) in [4.78, 5) is 25.6. The minimum atomic E-state index is -0.451. The highest BCUT2D eigenvalue weighted by Crippen LogP contribution is 2.35. The molecule has 3 N–H and O–H groups in total. The number of hydrogen-bond acceptors (Lipinski definition) is 8. The molecule has 0 spiro atoms. The molecule has 35 heavy (non-hydrogen) atoms. The summed E-state index contributed by atoms with van der Waals surface area (Å²) in [6, 6.07) is 16.7. The van der Waals surface area contributed by atoms with E-state index in [1.54, 1.807) is 31.2 Å². The molecule has 1 aliphatic heterocycles. The molecular formula is C24H23N3O6S2. The number of nitrogens with one attached hydrogen (secondary N) is 3. The number of anilines is 1. The Morgan fingerprint density at radius 3 is 2.66 bits per heavy atom. The summed E-state index contributed by atoms with van der Waals surface area (Å²) in [5.74, 6) is 0.755. The van der Waals surface area contributed by atoms with E-state index in [1.807, 2.05) is 30.3 Å². The number of thiophene rings is 1. The maximum absolute atomic E-state index is 12.4. The van der Waals surface area contributed by atoms with E-state index in [1.165, 1.54) is 11.3 Å². The normalized spacial score (nSPS) is 11.5. The van der Waals surface area contributed by atoms with Crippen molar-refractivity contribution in [3.63, 3.8) is 0 Å². The number of carbonyl (C=O) groups excluding carboxylic acids is 2. The molecule has 9 nitrogen and oxygen atoms in total. The molecular weight excluding hydrogens is 490 g/mol. The van der Waals surface area contributed by atoms with E-state index >= 15 is 0 Å². The van der Waals surface area contributed by atoms with Gasteiger partial charge >= 0.3 is 5.97 Å². The molecule has 1 amide bonds. The molecule has 0 saturated carbocycles. The zero-order valence-corrected chi connectivity index (χ0v) is 20.4. The highest BCUT2D eigenvalue weighted by Gasteiger charge is 2.19. The van der Waals surface area contributed by atoms with Gasteiger partial charge in [0.1, 0.15) is 10.8 Å². The van der Waals surface area contributed by atoms with E-state index in [0.717, 1.165) is 10.4 Å². The van der Waals surface area contributed by atoms with Gasteiger partial charge in [0.25, 0.3) is 5.91 Å². The van der Waals surface area contributed by atoms with Gasteiger partial charge in [-0.15, -0.1) is 11.3 Å². The van der Waals surface area contributed by atoms with Crippen LogP contribution in [-0.2, 0) is 16.0 Å². The fraction of sp³-hybridized carbons (Fsp3) is 0.208. The Morgan fingerprint density at radius 2 is 1.86 bits per heavy atom. The average Bonchev–Trinajstić information content (AvgIpc) is 3.48. The average molecular weight is 514 g/mol. The van der Waals surface area contributed by atoms with Gasteiger partial charge in [0.2, 0.25) is 6.79 Å². The van der Waals surface area contributed by atoms with Crippen LogP contribution in [0.5, 0.6) is 17.2 Å². The van der Waals surface area contributed by atoms with Crippen molar-refractivity contribution >= 4 is 45.5 Å². The molecule has 1 aliphatic rings. The molecule has 0 radical (unpaired) electrons. The zero-order valence-electron chi connectivity index (χ0n) is 18.8. The van der Waals surface area contributed by atoms with Crippen LogP contribution in [0.1, 0.15) is 27.7 Å². The van der Waals surface area contributed by atoms with Crippen molar-refractivity contribution < 1.29 is 28.5 Å². The number of ether oxygens (including phenoxy) is 4. The van der Waals surface area contributed by atoms with Crippen LogP contribution in [0.25, 0.3) is 0 Å². The van der Waals surface area contributed by atoms with Crippen molar-refractivity contribution in [1.29, 1.82) is 0 Å². The highest BCUT2D eigenvalue weighted by atomic mass is 32.1. The molecule has 0 atom stereocenters. The molecule has 0 unspecified atom stereocenters. The lowest BCUT2D eigenvalue weighted by Gasteiger charge is -2.12. The maximum atomic E-state index is 12.4. The van der Waals surface area contributed by atoms with Gasteiger partial charge in [-0.25, -0.2) is 4.79 Å². The second kappa shape index (κ2) is 11.5. The Morgan fingerprint density at radius 1 is 1.06 bits per heavy atom. The largest absolute Gasteiger partial charge is 0.484 e. The molecule has 0 bridgehead atoms. The first-order valence-electron chi connectivity index (χ1n) is 10.7. The third kappa shape index (κ3) is 6.61. The number of esters is 1. The predicted octanol–water partition coefficient (Wildman–Crippen LogP) is 3.64. The Kier molecular flexibility index (Phi) is 8.01. The summed E-state index contributed by atoms with van der Waals surface area (Å²) in [5, 5.41) is 3.60.